The van der Waals surface area contributed by atoms with E-state index in [2.05, 4.69) is 20.4 Å². The van der Waals surface area contributed by atoms with Crippen molar-refractivity contribution in [1.29, 1.82) is 0 Å². The molecule has 4 rings (SSSR count). The summed E-state index contributed by atoms with van der Waals surface area (Å²) in [6.07, 6.45) is 0. The van der Waals surface area contributed by atoms with Gasteiger partial charge in [0.25, 0.3) is 0 Å². The van der Waals surface area contributed by atoms with Crippen molar-refractivity contribution < 1.29 is 9.15 Å². The lowest BCUT2D eigenvalue weighted by Gasteiger charge is -2.04. The first-order chi connectivity index (χ1) is 13.6. The van der Waals surface area contributed by atoms with Crippen LogP contribution in [0.15, 0.2) is 58.1 Å². The zero-order valence-corrected chi connectivity index (χ0v) is 16.6. The Morgan fingerprint density at radius 1 is 0.929 bits per heavy atom. The van der Waals surface area contributed by atoms with E-state index < -0.39 is 0 Å². The van der Waals surface area contributed by atoms with E-state index in [-0.39, 0.29) is 0 Å². The van der Waals surface area contributed by atoms with Gasteiger partial charge in [-0.3, -0.25) is 0 Å². The van der Waals surface area contributed by atoms with Crippen molar-refractivity contribution in [2.75, 3.05) is 7.11 Å². The molecule has 0 atom stereocenters. The third-order valence-electron chi connectivity index (χ3n) is 4.27. The van der Waals surface area contributed by atoms with E-state index in [1.165, 1.54) is 17.3 Å². The average Bonchev–Trinajstić information content (AvgIpc) is 3.34. The summed E-state index contributed by atoms with van der Waals surface area (Å²) in [5.41, 5.74) is 3.07. The van der Waals surface area contributed by atoms with E-state index >= 15 is 0 Å². The summed E-state index contributed by atoms with van der Waals surface area (Å²) < 4.78 is 12.9. The third kappa shape index (κ3) is 3.77. The molecule has 28 heavy (non-hydrogen) atoms. The van der Waals surface area contributed by atoms with Gasteiger partial charge in [-0.25, -0.2) is 0 Å². The molecule has 2 aromatic carbocycles. The molecule has 0 spiro atoms. The quantitative estimate of drug-likeness (QED) is 0.456. The second kappa shape index (κ2) is 7.85. The first-order valence-corrected chi connectivity index (χ1v) is 9.68. The molecule has 0 amide bonds. The molecule has 0 aliphatic carbocycles. The lowest BCUT2D eigenvalue weighted by Crippen LogP contribution is -1.95. The van der Waals surface area contributed by atoms with Crippen LogP contribution >= 0.6 is 11.8 Å². The van der Waals surface area contributed by atoms with E-state index in [1.54, 1.807) is 7.11 Å². The van der Waals surface area contributed by atoms with Crippen molar-refractivity contribution in [3.8, 4) is 28.6 Å². The van der Waals surface area contributed by atoms with E-state index in [0.717, 1.165) is 27.9 Å². The van der Waals surface area contributed by atoms with E-state index in [4.69, 9.17) is 9.15 Å². The van der Waals surface area contributed by atoms with Gasteiger partial charge in [0.1, 0.15) is 5.75 Å². The third-order valence-corrected chi connectivity index (χ3v) is 5.28. The fourth-order valence-electron chi connectivity index (χ4n) is 2.68. The molecule has 0 aliphatic rings. The minimum Gasteiger partial charge on any atom is -0.497 e. The van der Waals surface area contributed by atoms with Crippen molar-refractivity contribution in [2.24, 2.45) is 7.05 Å². The van der Waals surface area contributed by atoms with Gasteiger partial charge in [0, 0.05) is 18.2 Å². The van der Waals surface area contributed by atoms with Crippen LogP contribution in [0, 0.1) is 6.92 Å². The van der Waals surface area contributed by atoms with Crippen LogP contribution < -0.4 is 4.74 Å². The molecule has 2 heterocycles. The standard InChI is InChI=1S/C20H19N5O2S/c1-13-4-6-15(7-5-13)19-23-21-17(27-19)12-28-20-24-22-18(25(20)2)14-8-10-16(26-3)11-9-14/h4-11H,12H2,1-3H3. The smallest absolute Gasteiger partial charge is 0.247 e. The maximum Gasteiger partial charge on any atom is 0.247 e. The highest BCUT2D eigenvalue weighted by molar-refractivity contribution is 7.98. The number of aromatic nitrogens is 5. The molecule has 8 heteroatoms. The molecule has 0 saturated heterocycles. The molecule has 2 aromatic heterocycles. The molecule has 4 aromatic rings. The second-order valence-corrected chi connectivity index (χ2v) is 7.19. The fourth-order valence-corrected chi connectivity index (χ4v) is 3.43. The highest BCUT2D eigenvalue weighted by atomic mass is 32.2. The zero-order valence-electron chi connectivity index (χ0n) is 15.8. The molecule has 0 bridgehead atoms. The lowest BCUT2D eigenvalue weighted by atomic mass is 10.1. The number of aryl methyl sites for hydroxylation is 1. The summed E-state index contributed by atoms with van der Waals surface area (Å²) in [7, 11) is 3.58. The Balaban J connectivity index is 1.45. The molecule has 0 unspecified atom stereocenters. The van der Waals surface area contributed by atoms with Crippen LogP contribution in [0.4, 0.5) is 0 Å². The Bertz CT molecular complexity index is 1070. The zero-order chi connectivity index (χ0) is 19.5. The van der Waals surface area contributed by atoms with Gasteiger partial charge in [-0.1, -0.05) is 29.5 Å². The Labute approximate surface area is 166 Å². The number of hydrogen-bond donors (Lipinski definition) is 0. The Hall–Kier alpha value is -3.13. The maximum atomic E-state index is 5.77. The minimum atomic E-state index is 0.521. The van der Waals surface area contributed by atoms with Gasteiger partial charge in [-0.15, -0.1) is 20.4 Å². The van der Waals surface area contributed by atoms with Gasteiger partial charge in [0.2, 0.25) is 11.8 Å². The average molecular weight is 393 g/mol. The van der Waals surface area contributed by atoms with Crippen molar-refractivity contribution >= 4 is 11.8 Å². The Morgan fingerprint density at radius 2 is 1.64 bits per heavy atom. The summed E-state index contributed by atoms with van der Waals surface area (Å²) in [4.78, 5) is 0. The number of ether oxygens (including phenoxy) is 1. The van der Waals surface area contributed by atoms with Crippen LogP contribution in [0.3, 0.4) is 0 Å². The van der Waals surface area contributed by atoms with Gasteiger partial charge in [0.05, 0.1) is 12.9 Å². The van der Waals surface area contributed by atoms with Crippen molar-refractivity contribution in [3.05, 3.63) is 60.0 Å². The molecule has 0 fully saturated rings. The monoisotopic (exact) mass is 393 g/mol. The number of hydrogen-bond acceptors (Lipinski definition) is 7. The first kappa shape index (κ1) is 18.2. The summed E-state index contributed by atoms with van der Waals surface area (Å²) in [6.45, 7) is 2.04. The van der Waals surface area contributed by atoms with Crippen molar-refractivity contribution in [3.63, 3.8) is 0 Å². The molecule has 7 nitrogen and oxygen atoms in total. The van der Waals surface area contributed by atoms with E-state index in [9.17, 15) is 0 Å². The number of thioether (sulfide) groups is 1. The van der Waals surface area contributed by atoms with Gasteiger partial charge in [0.15, 0.2) is 11.0 Å². The number of rotatable bonds is 6. The summed E-state index contributed by atoms with van der Waals surface area (Å²) in [6, 6.07) is 15.7. The fraction of sp³-hybridized carbons (Fsp3) is 0.200. The maximum absolute atomic E-state index is 5.77. The molecule has 0 aliphatic heterocycles. The second-order valence-electron chi connectivity index (χ2n) is 6.25. The van der Waals surface area contributed by atoms with E-state index in [0.29, 0.717) is 17.5 Å². The van der Waals surface area contributed by atoms with Crippen LogP contribution in [0.25, 0.3) is 22.8 Å². The SMILES string of the molecule is COc1ccc(-c2nnc(SCc3nnc(-c4ccc(C)cc4)o3)n2C)cc1. The lowest BCUT2D eigenvalue weighted by molar-refractivity contribution is 0.415. The van der Waals surface area contributed by atoms with Crippen molar-refractivity contribution in [1.82, 2.24) is 25.0 Å². The number of benzene rings is 2. The van der Waals surface area contributed by atoms with Gasteiger partial charge in [-0.05, 0) is 43.3 Å². The normalized spacial score (nSPS) is 11.0. The number of nitrogens with zero attached hydrogens (tertiary/aromatic N) is 5. The van der Waals surface area contributed by atoms with Gasteiger partial charge >= 0.3 is 0 Å². The molecular formula is C20H19N5O2S. The Morgan fingerprint density at radius 3 is 2.36 bits per heavy atom. The molecular weight excluding hydrogens is 374 g/mol. The highest BCUT2D eigenvalue weighted by Crippen LogP contribution is 2.27. The summed E-state index contributed by atoms with van der Waals surface area (Å²) >= 11 is 1.50. The largest absolute Gasteiger partial charge is 0.497 e. The van der Waals surface area contributed by atoms with Gasteiger partial charge in [-0.2, -0.15) is 0 Å². The minimum absolute atomic E-state index is 0.521. The molecule has 0 radical (unpaired) electrons. The van der Waals surface area contributed by atoms with Crippen molar-refractivity contribution in [2.45, 2.75) is 17.8 Å². The van der Waals surface area contributed by atoms with Crippen LogP contribution in [0.1, 0.15) is 11.5 Å². The van der Waals surface area contributed by atoms with Crippen LogP contribution in [-0.2, 0) is 12.8 Å². The van der Waals surface area contributed by atoms with Crippen LogP contribution in [0.5, 0.6) is 5.75 Å². The number of methoxy groups -OCH3 is 1. The predicted molar refractivity (Wildman–Crippen MR) is 107 cm³/mol. The molecule has 0 N–H and O–H groups in total. The van der Waals surface area contributed by atoms with Gasteiger partial charge < -0.3 is 13.7 Å². The first-order valence-electron chi connectivity index (χ1n) is 8.70. The topological polar surface area (TPSA) is 78.9 Å². The highest BCUT2D eigenvalue weighted by Gasteiger charge is 2.14. The predicted octanol–water partition coefficient (Wildman–Crippen LogP) is 4.14. The molecule has 142 valence electrons. The Kier molecular flexibility index (Phi) is 5.12. The summed E-state index contributed by atoms with van der Waals surface area (Å²) in [5, 5.41) is 17.6. The van der Waals surface area contributed by atoms with Crippen LogP contribution in [-0.4, -0.2) is 32.1 Å². The molecule has 0 saturated carbocycles. The van der Waals surface area contributed by atoms with Crippen LogP contribution in [0.2, 0.25) is 0 Å². The van der Waals surface area contributed by atoms with E-state index in [1.807, 2.05) is 67.1 Å². The summed E-state index contributed by atoms with van der Waals surface area (Å²) in [5.74, 6) is 3.19.